The van der Waals surface area contributed by atoms with Gasteiger partial charge in [0.2, 0.25) is 5.55 Å². The second kappa shape index (κ2) is 7.79. The van der Waals surface area contributed by atoms with Gasteiger partial charge in [-0.1, -0.05) is 36.4 Å². The molecule has 0 aliphatic rings. The van der Waals surface area contributed by atoms with E-state index < -0.39 is 0 Å². The normalized spacial score (nSPS) is 11.7. The number of ether oxygens (including phenoxy) is 1. The number of imidazole rings is 1. The molecule has 0 aliphatic heterocycles. The zero-order valence-corrected chi connectivity index (χ0v) is 16.6. The Morgan fingerprint density at radius 2 is 1.87 bits per heavy atom. The number of carbonyl (C=O) groups is 1. The molecule has 0 radical (unpaired) electrons. The predicted molar refractivity (Wildman–Crippen MR) is 117 cm³/mol. The van der Waals surface area contributed by atoms with Crippen molar-refractivity contribution >= 4 is 27.9 Å². The van der Waals surface area contributed by atoms with E-state index in [0.717, 1.165) is 16.4 Å². The molecule has 0 spiro atoms. The number of para-hydroxylation sites is 3. The number of fused-ring (bicyclic) bond motifs is 2. The molecular formula is C24H18N4O3. The van der Waals surface area contributed by atoms with E-state index in [9.17, 15) is 4.79 Å². The second-order valence-electron chi connectivity index (χ2n) is 6.89. The highest BCUT2D eigenvalue weighted by atomic mass is 16.5. The molecule has 2 aromatic heterocycles. The number of carbonyl (C=O) groups excluding carboxylic acids is 1. The van der Waals surface area contributed by atoms with Gasteiger partial charge in [-0.25, -0.2) is 10.4 Å². The zero-order chi connectivity index (χ0) is 21.2. The van der Waals surface area contributed by atoms with Crippen LogP contribution in [0.3, 0.4) is 0 Å². The fraction of sp³-hybridized carbons (Fsp3) is 0.0417. The van der Waals surface area contributed by atoms with Crippen molar-refractivity contribution in [1.82, 2.24) is 15.4 Å². The molecule has 0 atom stereocenters. The van der Waals surface area contributed by atoms with Crippen LogP contribution in [-0.4, -0.2) is 23.0 Å². The van der Waals surface area contributed by atoms with Crippen molar-refractivity contribution in [1.29, 1.82) is 0 Å². The van der Waals surface area contributed by atoms with Gasteiger partial charge in [0.1, 0.15) is 17.2 Å². The molecule has 0 saturated heterocycles. The quantitative estimate of drug-likeness (QED) is 0.434. The Labute approximate surface area is 177 Å². The molecule has 5 rings (SSSR count). The van der Waals surface area contributed by atoms with E-state index >= 15 is 0 Å². The first-order valence-corrected chi connectivity index (χ1v) is 9.67. The molecule has 3 aromatic carbocycles. The van der Waals surface area contributed by atoms with Gasteiger partial charge in [0.05, 0.1) is 23.7 Å². The molecule has 7 heteroatoms. The maximum Gasteiger partial charge on any atom is 0.271 e. The summed E-state index contributed by atoms with van der Waals surface area (Å²) in [6.07, 6.45) is 0. The van der Waals surface area contributed by atoms with E-state index in [1.807, 2.05) is 54.6 Å². The van der Waals surface area contributed by atoms with Gasteiger partial charge in [-0.2, -0.15) is 0 Å². The molecular weight excluding hydrogens is 392 g/mol. The molecule has 0 aliphatic carbocycles. The van der Waals surface area contributed by atoms with E-state index in [1.54, 1.807) is 31.4 Å². The number of H-pyrrole nitrogens is 1. The Morgan fingerprint density at radius 1 is 1.03 bits per heavy atom. The average Bonchev–Trinajstić information content (AvgIpc) is 3.26. The zero-order valence-electron chi connectivity index (χ0n) is 16.6. The van der Waals surface area contributed by atoms with Crippen molar-refractivity contribution in [3.63, 3.8) is 0 Å². The molecule has 2 heterocycles. The molecule has 0 unspecified atom stereocenters. The highest BCUT2D eigenvalue weighted by molar-refractivity contribution is 5.94. The number of hydrogen-bond donors (Lipinski definition) is 2. The number of amides is 1. The fourth-order valence-corrected chi connectivity index (χ4v) is 3.33. The maximum absolute atomic E-state index is 12.6. The van der Waals surface area contributed by atoms with Crippen LogP contribution in [0.15, 0.2) is 88.4 Å². The molecule has 152 valence electrons. The number of methoxy groups -OCH3 is 1. The first-order chi connectivity index (χ1) is 15.2. The van der Waals surface area contributed by atoms with Crippen molar-refractivity contribution in [2.24, 2.45) is 5.10 Å². The standard InChI is InChI=1S/C24H18N4O3/c1-30-17-9-6-8-16(13-17)23(29)27-28-24-18(14-15-7-2-5-12-21(15)31-24)22-25-19-10-3-4-11-20(19)26-22/h2-14H,1H3,(H,25,26)(H,27,29)/b28-24+. The van der Waals surface area contributed by atoms with Crippen molar-refractivity contribution in [2.45, 2.75) is 0 Å². The smallest absolute Gasteiger partial charge is 0.271 e. The van der Waals surface area contributed by atoms with Crippen LogP contribution in [0.4, 0.5) is 0 Å². The van der Waals surface area contributed by atoms with Crippen molar-refractivity contribution in [3.05, 3.63) is 90.0 Å². The third-order valence-electron chi connectivity index (χ3n) is 4.89. The lowest BCUT2D eigenvalue weighted by molar-refractivity contribution is 0.0951. The Morgan fingerprint density at radius 3 is 2.74 bits per heavy atom. The number of benzene rings is 3. The molecule has 7 nitrogen and oxygen atoms in total. The Bertz CT molecular complexity index is 1450. The van der Waals surface area contributed by atoms with Crippen LogP contribution in [0.25, 0.3) is 33.4 Å². The minimum absolute atomic E-state index is 0.244. The topological polar surface area (TPSA) is 92.5 Å². The summed E-state index contributed by atoms with van der Waals surface area (Å²) >= 11 is 0. The summed E-state index contributed by atoms with van der Waals surface area (Å²) in [6.45, 7) is 0. The number of nitrogens with zero attached hydrogens (tertiary/aromatic N) is 2. The number of aromatic nitrogens is 2. The largest absolute Gasteiger partial charge is 0.497 e. The third kappa shape index (κ3) is 3.64. The summed E-state index contributed by atoms with van der Waals surface area (Å²) in [4.78, 5) is 20.6. The average molecular weight is 410 g/mol. The van der Waals surface area contributed by atoms with E-state index in [1.165, 1.54) is 0 Å². The highest BCUT2D eigenvalue weighted by Gasteiger charge is 2.12. The molecule has 0 fully saturated rings. The third-order valence-corrected chi connectivity index (χ3v) is 4.89. The van der Waals surface area contributed by atoms with Gasteiger partial charge in [-0.3, -0.25) is 4.79 Å². The lowest BCUT2D eigenvalue weighted by atomic mass is 10.2. The van der Waals surface area contributed by atoms with Gasteiger partial charge in [0.25, 0.3) is 5.91 Å². The minimum Gasteiger partial charge on any atom is -0.497 e. The Kier molecular flexibility index (Phi) is 4.68. The van der Waals surface area contributed by atoms with Crippen LogP contribution in [0.1, 0.15) is 10.4 Å². The van der Waals surface area contributed by atoms with Crippen LogP contribution < -0.4 is 15.7 Å². The Balaban J connectivity index is 1.61. The lowest BCUT2D eigenvalue weighted by Crippen LogP contribution is -2.22. The number of hydrogen-bond acceptors (Lipinski definition) is 5. The summed E-state index contributed by atoms with van der Waals surface area (Å²) in [6, 6.07) is 24.1. The second-order valence-corrected chi connectivity index (χ2v) is 6.89. The van der Waals surface area contributed by atoms with E-state index in [-0.39, 0.29) is 11.5 Å². The maximum atomic E-state index is 12.6. The van der Waals surface area contributed by atoms with Gasteiger partial charge in [-0.05, 0) is 42.5 Å². The van der Waals surface area contributed by atoms with Crippen LogP contribution in [0, 0.1) is 0 Å². The monoisotopic (exact) mass is 410 g/mol. The van der Waals surface area contributed by atoms with Crippen LogP contribution in [0.5, 0.6) is 5.75 Å². The highest BCUT2D eigenvalue weighted by Crippen LogP contribution is 2.21. The molecule has 31 heavy (non-hydrogen) atoms. The molecule has 0 bridgehead atoms. The van der Waals surface area contributed by atoms with Gasteiger partial charge >= 0.3 is 0 Å². The van der Waals surface area contributed by atoms with E-state index in [0.29, 0.717) is 28.3 Å². The van der Waals surface area contributed by atoms with E-state index in [4.69, 9.17) is 9.15 Å². The minimum atomic E-state index is -0.377. The summed E-state index contributed by atoms with van der Waals surface area (Å²) < 4.78 is 11.2. The first-order valence-electron chi connectivity index (χ1n) is 9.67. The number of rotatable bonds is 4. The molecule has 2 N–H and O–H groups in total. The van der Waals surface area contributed by atoms with Gasteiger partial charge in [0, 0.05) is 10.9 Å². The van der Waals surface area contributed by atoms with E-state index in [2.05, 4.69) is 20.5 Å². The number of nitrogens with one attached hydrogen (secondary N) is 2. The summed E-state index contributed by atoms with van der Waals surface area (Å²) in [7, 11) is 1.55. The van der Waals surface area contributed by atoms with Gasteiger partial charge in [-0.15, -0.1) is 5.10 Å². The Hall–Kier alpha value is -4.39. The molecule has 1 amide bonds. The van der Waals surface area contributed by atoms with Crippen LogP contribution in [-0.2, 0) is 0 Å². The molecule has 5 aromatic rings. The SMILES string of the molecule is COc1cccc(C(=O)N/N=c2/oc3ccccc3cc2-c2nc3ccccc3[nH]2)c1. The first kappa shape index (κ1) is 18.6. The van der Waals surface area contributed by atoms with Gasteiger partial charge in [0.15, 0.2) is 0 Å². The van der Waals surface area contributed by atoms with Crippen molar-refractivity contribution in [3.8, 4) is 17.1 Å². The molecule has 0 saturated carbocycles. The summed E-state index contributed by atoms with van der Waals surface area (Å²) in [5.74, 6) is 0.814. The predicted octanol–water partition coefficient (Wildman–Crippen LogP) is 4.23. The van der Waals surface area contributed by atoms with Crippen molar-refractivity contribution in [2.75, 3.05) is 7.11 Å². The lowest BCUT2D eigenvalue weighted by Gasteiger charge is -2.04. The van der Waals surface area contributed by atoms with Crippen LogP contribution in [0.2, 0.25) is 0 Å². The fourth-order valence-electron chi connectivity index (χ4n) is 3.33. The van der Waals surface area contributed by atoms with Crippen LogP contribution >= 0.6 is 0 Å². The van der Waals surface area contributed by atoms with Gasteiger partial charge < -0.3 is 14.1 Å². The summed E-state index contributed by atoms with van der Waals surface area (Å²) in [5, 5.41) is 5.17. The van der Waals surface area contributed by atoms with Crippen molar-refractivity contribution < 1.29 is 13.9 Å². The number of aromatic amines is 1. The summed E-state index contributed by atoms with van der Waals surface area (Å²) in [5.41, 5.74) is 6.26.